The number of hydrogen-bond donors (Lipinski definition) is 2. The molecule has 3 atom stereocenters. The molecule has 2 aromatic carbocycles. The lowest BCUT2D eigenvalue weighted by atomic mass is 10.0. The van der Waals surface area contributed by atoms with E-state index in [0.29, 0.717) is 17.0 Å². The largest absolute Gasteiger partial charge is 0.481 e. The fourth-order valence-corrected chi connectivity index (χ4v) is 3.08. The van der Waals surface area contributed by atoms with Gasteiger partial charge in [0.05, 0.1) is 18.8 Å². The highest BCUT2D eigenvalue weighted by Gasteiger charge is 2.41. The van der Waals surface area contributed by atoms with Gasteiger partial charge in [-0.15, -0.1) is 0 Å². The molecule has 1 aliphatic rings. The lowest BCUT2D eigenvalue weighted by Gasteiger charge is -2.28. The predicted molar refractivity (Wildman–Crippen MR) is 106 cm³/mol. The minimum atomic E-state index is -1.09. The summed E-state index contributed by atoms with van der Waals surface area (Å²) in [5.74, 6) is -1.18. The van der Waals surface area contributed by atoms with Crippen LogP contribution < -0.4 is 20.7 Å². The van der Waals surface area contributed by atoms with Crippen molar-refractivity contribution in [3.8, 4) is 5.75 Å². The van der Waals surface area contributed by atoms with Crippen LogP contribution in [0.4, 0.5) is 5.69 Å². The van der Waals surface area contributed by atoms with Gasteiger partial charge >= 0.3 is 5.97 Å². The summed E-state index contributed by atoms with van der Waals surface area (Å²) in [5, 5.41) is 2.68. The molecule has 1 unspecified atom stereocenters. The number of ether oxygens (including phenoxy) is 2. The molecular weight excluding hydrogens is 374 g/mol. The van der Waals surface area contributed by atoms with Crippen LogP contribution in [-0.2, 0) is 19.1 Å². The summed E-state index contributed by atoms with van der Waals surface area (Å²) in [6.07, 6.45) is -0.810. The first-order valence-corrected chi connectivity index (χ1v) is 9.17. The normalized spacial score (nSPS) is 19.4. The van der Waals surface area contributed by atoms with Crippen molar-refractivity contribution in [2.45, 2.75) is 25.1 Å². The number of rotatable bonds is 5. The van der Waals surface area contributed by atoms with Crippen molar-refractivity contribution in [3.63, 3.8) is 0 Å². The molecule has 29 heavy (non-hydrogen) atoms. The molecule has 0 fully saturated rings. The van der Waals surface area contributed by atoms with E-state index in [4.69, 9.17) is 15.2 Å². The van der Waals surface area contributed by atoms with Crippen molar-refractivity contribution < 1.29 is 23.9 Å². The number of esters is 1. The van der Waals surface area contributed by atoms with E-state index in [1.807, 2.05) is 30.3 Å². The Morgan fingerprint density at radius 3 is 2.48 bits per heavy atom. The SMILES string of the molecule is COC(=O)CN1C(=O)[C@@H](NC(=O)C(C)N)[C@@H](c2ccccc2)Oc2ccccc21. The zero-order chi connectivity index (χ0) is 21.0. The van der Waals surface area contributed by atoms with E-state index in [9.17, 15) is 14.4 Å². The van der Waals surface area contributed by atoms with E-state index in [2.05, 4.69) is 5.32 Å². The smallest absolute Gasteiger partial charge is 0.325 e. The first-order valence-electron chi connectivity index (χ1n) is 9.17. The molecule has 8 nitrogen and oxygen atoms in total. The molecule has 8 heteroatoms. The highest BCUT2D eigenvalue weighted by Crippen LogP contribution is 2.37. The molecule has 1 heterocycles. The molecule has 0 spiro atoms. The van der Waals surface area contributed by atoms with Gasteiger partial charge in [-0.05, 0) is 24.6 Å². The highest BCUT2D eigenvalue weighted by atomic mass is 16.5. The number of hydrogen-bond acceptors (Lipinski definition) is 6. The van der Waals surface area contributed by atoms with Crippen molar-refractivity contribution in [3.05, 3.63) is 60.2 Å². The fraction of sp³-hybridized carbons (Fsp3) is 0.286. The standard InChI is InChI=1S/C21H23N3O5/c1-13(22)20(26)23-18-19(14-8-4-3-5-9-14)29-16-11-7-6-10-15(16)24(21(18)27)12-17(25)28-2/h3-11,13,18-19H,12,22H2,1-2H3,(H,23,26)/t13?,18-,19+/m0/s1. The summed E-state index contributed by atoms with van der Waals surface area (Å²) in [6.45, 7) is 1.21. The van der Waals surface area contributed by atoms with E-state index in [0.717, 1.165) is 0 Å². The number of amides is 2. The van der Waals surface area contributed by atoms with E-state index in [1.54, 1.807) is 24.3 Å². The predicted octanol–water partition coefficient (Wildman–Crippen LogP) is 1.16. The van der Waals surface area contributed by atoms with Crippen LogP contribution in [0.3, 0.4) is 0 Å². The maximum atomic E-state index is 13.5. The monoisotopic (exact) mass is 397 g/mol. The Hall–Kier alpha value is -3.39. The number of anilines is 1. The zero-order valence-corrected chi connectivity index (χ0v) is 16.2. The molecule has 3 N–H and O–H groups in total. The van der Waals surface area contributed by atoms with Gasteiger partial charge in [0.25, 0.3) is 5.91 Å². The Labute approximate surface area is 168 Å². The fourth-order valence-electron chi connectivity index (χ4n) is 3.08. The lowest BCUT2D eigenvalue weighted by molar-refractivity contribution is -0.140. The van der Waals surface area contributed by atoms with Crippen LogP contribution in [0.1, 0.15) is 18.6 Å². The lowest BCUT2D eigenvalue weighted by Crippen LogP contribution is -2.55. The molecule has 0 radical (unpaired) electrons. The zero-order valence-electron chi connectivity index (χ0n) is 16.2. The van der Waals surface area contributed by atoms with Crippen LogP contribution in [0.2, 0.25) is 0 Å². The first kappa shape index (κ1) is 20.3. The maximum absolute atomic E-state index is 13.5. The minimum absolute atomic E-state index is 0.318. The molecule has 3 rings (SSSR count). The van der Waals surface area contributed by atoms with E-state index >= 15 is 0 Å². The number of nitrogens with one attached hydrogen (secondary N) is 1. The number of carbonyl (C=O) groups is 3. The second-order valence-corrected chi connectivity index (χ2v) is 6.69. The number of carbonyl (C=O) groups excluding carboxylic acids is 3. The summed E-state index contributed by atoms with van der Waals surface area (Å²) in [4.78, 5) is 39.1. The molecule has 0 bridgehead atoms. The van der Waals surface area contributed by atoms with E-state index in [1.165, 1.54) is 18.9 Å². The summed E-state index contributed by atoms with van der Waals surface area (Å²) in [5.41, 5.74) is 6.81. The molecule has 1 aliphatic heterocycles. The Morgan fingerprint density at radius 1 is 1.17 bits per heavy atom. The third-order valence-electron chi connectivity index (χ3n) is 4.60. The summed E-state index contributed by atoms with van der Waals surface area (Å²) >= 11 is 0. The van der Waals surface area contributed by atoms with Crippen molar-refractivity contribution in [2.24, 2.45) is 5.73 Å². The van der Waals surface area contributed by atoms with Gasteiger partial charge in [-0.3, -0.25) is 19.3 Å². The van der Waals surface area contributed by atoms with E-state index in [-0.39, 0.29) is 6.54 Å². The van der Waals surface area contributed by atoms with Gasteiger partial charge in [-0.1, -0.05) is 42.5 Å². The topological polar surface area (TPSA) is 111 Å². The highest BCUT2D eigenvalue weighted by molar-refractivity contribution is 6.04. The number of nitrogens with zero attached hydrogens (tertiary/aromatic N) is 1. The van der Waals surface area contributed by atoms with E-state index < -0.39 is 36.0 Å². The molecule has 0 aliphatic carbocycles. The number of methoxy groups -OCH3 is 1. The molecule has 0 aromatic heterocycles. The maximum Gasteiger partial charge on any atom is 0.325 e. The molecule has 152 valence electrons. The molecule has 2 aromatic rings. The third kappa shape index (κ3) is 4.38. The van der Waals surface area contributed by atoms with Gasteiger partial charge in [-0.25, -0.2) is 0 Å². The van der Waals surface area contributed by atoms with Gasteiger partial charge in [0.15, 0.2) is 6.10 Å². The van der Waals surface area contributed by atoms with Gasteiger partial charge < -0.3 is 20.5 Å². The number of benzene rings is 2. The number of nitrogens with two attached hydrogens (primary N) is 1. The summed E-state index contributed by atoms with van der Waals surface area (Å²) in [6, 6.07) is 14.1. The number of para-hydroxylation sites is 2. The second kappa shape index (κ2) is 8.74. The average Bonchev–Trinajstić information content (AvgIpc) is 2.84. The van der Waals surface area contributed by atoms with Gasteiger partial charge in [0.1, 0.15) is 18.3 Å². The van der Waals surface area contributed by atoms with Crippen molar-refractivity contribution >= 4 is 23.5 Å². The Balaban J connectivity index is 2.10. The minimum Gasteiger partial charge on any atom is -0.481 e. The Morgan fingerprint density at radius 2 is 1.83 bits per heavy atom. The first-order chi connectivity index (χ1) is 13.9. The molecule has 2 amide bonds. The van der Waals surface area contributed by atoms with Crippen LogP contribution in [-0.4, -0.2) is 43.5 Å². The van der Waals surface area contributed by atoms with Gasteiger partial charge in [-0.2, -0.15) is 0 Å². The van der Waals surface area contributed by atoms with Crippen molar-refractivity contribution in [2.75, 3.05) is 18.6 Å². The van der Waals surface area contributed by atoms with Crippen LogP contribution in [0.25, 0.3) is 0 Å². The number of fused-ring (bicyclic) bond motifs is 1. The van der Waals surface area contributed by atoms with Crippen molar-refractivity contribution in [1.82, 2.24) is 5.32 Å². The summed E-state index contributed by atoms with van der Waals surface area (Å²) in [7, 11) is 1.25. The van der Waals surface area contributed by atoms with Crippen LogP contribution in [0.15, 0.2) is 54.6 Å². The Kier molecular flexibility index (Phi) is 6.13. The second-order valence-electron chi connectivity index (χ2n) is 6.69. The average molecular weight is 397 g/mol. The van der Waals surface area contributed by atoms with Crippen LogP contribution >= 0.6 is 0 Å². The molecular formula is C21H23N3O5. The summed E-state index contributed by atoms with van der Waals surface area (Å²) < 4.78 is 10.9. The van der Waals surface area contributed by atoms with Crippen LogP contribution in [0, 0.1) is 0 Å². The third-order valence-corrected chi connectivity index (χ3v) is 4.60. The van der Waals surface area contributed by atoms with Gasteiger partial charge in [0, 0.05) is 0 Å². The molecule has 0 saturated carbocycles. The van der Waals surface area contributed by atoms with Crippen LogP contribution in [0.5, 0.6) is 5.75 Å². The van der Waals surface area contributed by atoms with Gasteiger partial charge in [0.2, 0.25) is 5.91 Å². The van der Waals surface area contributed by atoms with Crippen molar-refractivity contribution in [1.29, 1.82) is 0 Å². The Bertz CT molecular complexity index is 900. The molecule has 0 saturated heterocycles. The quantitative estimate of drug-likeness (QED) is 0.733.